The van der Waals surface area contributed by atoms with Crippen LogP contribution in [0, 0.1) is 5.41 Å². The van der Waals surface area contributed by atoms with Gasteiger partial charge in [-0.15, -0.1) is 10.2 Å². The Balaban J connectivity index is 1.83. The molecule has 7 heteroatoms. The van der Waals surface area contributed by atoms with Gasteiger partial charge in [0.25, 0.3) is 0 Å². The maximum atomic E-state index is 10.5. The molecule has 1 fully saturated rings. The van der Waals surface area contributed by atoms with Crippen molar-refractivity contribution in [3.8, 4) is 17.0 Å². The highest BCUT2D eigenvalue weighted by molar-refractivity contribution is 6.09. The Morgan fingerprint density at radius 1 is 1.16 bits per heavy atom. The predicted molar refractivity (Wildman–Crippen MR) is 127 cm³/mol. The van der Waals surface area contributed by atoms with Gasteiger partial charge in [0.15, 0.2) is 5.82 Å². The van der Waals surface area contributed by atoms with Gasteiger partial charge in [-0.05, 0) is 77.3 Å². The summed E-state index contributed by atoms with van der Waals surface area (Å²) in [5.41, 5.74) is 8.92. The average Bonchev–Trinajstić information content (AvgIpc) is 2.65. The smallest absolute Gasteiger partial charge is 0.151 e. The zero-order chi connectivity index (χ0) is 23.0. The van der Waals surface area contributed by atoms with Gasteiger partial charge in [-0.25, -0.2) is 0 Å². The lowest BCUT2D eigenvalue weighted by Crippen LogP contribution is -2.62. The van der Waals surface area contributed by atoms with Crippen LogP contribution in [0.4, 0.5) is 5.82 Å². The quantitative estimate of drug-likeness (QED) is 0.543. The first-order valence-corrected chi connectivity index (χ1v) is 10.6. The van der Waals surface area contributed by atoms with Crippen molar-refractivity contribution in [2.24, 2.45) is 5.73 Å². The standard InChI is InChI=1S/C24H34N6O/c1-15(26)19(14-25)16-7-8-18(21(31)11-16)20-9-10-22(28-27-20)30(6)17-12-23(2,3)29-24(4,5)13-17/h7-11,14,17,25,29,31H,12-13,26H2,1-6H3/b19-15+,25-14?. The highest BCUT2D eigenvalue weighted by Gasteiger charge is 2.39. The van der Waals surface area contributed by atoms with Crippen LogP contribution in [-0.4, -0.2) is 45.7 Å². The molecule has 7 nitrogen and oxygen atoms in total. The molecule has 166 valence electrons. The summed E-state index contributed by atoms with van der Waals surface area (Å²) in [4.78, 5) is 2.20. The number of piperidine rings is 1. The van der Waals surface area contributed by atoms with Gasteiger partial charge in [0.1, 0.15) is 5.75 Å². The van der Waals surface area contributed by atoms with Crippen LogP contribution in [0.15, 0.2) is 36.0 Å². The molecule has 3 rings (SSSR count). The number of anilines is 1. The van der Waals surface area contributed by atoms with Gasteiger partial charge in [0.05, 0.1) is 5.69 Å². The maximum Gasteiger partial charge on any atom is 0.151 e. The number of phenols is 1. The molecule has 1 aromatic heterocycles. The van der Waals surface area contributed by atoms with Crippen molar-refractivity contribution >= 4 is 17.6 Å². The molecule has 0 amide bonds. The van der Waals surface area contributed by atoms with Gasteiger partial charge in [0.2, 0.25) is 0 Å². The third-order valence-corrected chi connectivity index (χ3v) is 5.88. The number of aromatic hydroxyl groups is 1. The van der Waals surface area contributed by atoms with E-state index in [1.54, 1.807) is 19.1 Å². The number of nitrogens with two attached hydrogens (primary N) is 1. The van der Waals surface area contributed by atoms with E-state index in [9.17, 15) is 5.11 Å². The lowest BCUT2D eigenvalue weighted by atomic mass is 9.79. The number of phenolic OH excluding ortho intramolecular Hbond substituents is 1. The fourth-order valence-corrected chi connectivity index (χ4v) is 4.73. The fraction of sp³-hybridized carbons (Fsp3) is 0.458. The fourth-order valence-electron chi connectivity index (χ4n) is 4.73. The second kappa shape index (κ2) is 8.30. The van der Waals surface area contributed by atoms with E-state index in [-0.39, 0.29) is 16.8 Å². The van der Waals surface area contributed by atoms with Gasteiger partial charge in [-0.1, -0.05) is 6.07 Å². The molecule has 1 aliphatic heterocycles. The normalized spacial score (nSPS) is 18.9. The second-order valence-electron chi connectivity index (χ2n) is 9.82. The Morgan fingerprint density at radius 2 is 1.81 bits per heavy atom. The summed E-state index contributed by atoms with van der Waals surface area (Å²) in [5, 5.41) is 30.6. The van der Waals surface area contributed by atoms with E-state index in [1.165, 1.54) is 6.21 Å². The Bertz CT molecular complexity index is 974. The Morgan fingerprint density at radius 3 is 2.29 bits per heavy atom. The molecule has 0 atom stereocenters. The molecule has 0 aliphatic carbocycles. The minimum absolute atomic E-state index is 0.0489. The first kappa shape index (κ1) is 22.7. The minimum atomic E-state index is 0.0489. The number of nitrogens with zero attached hydrogens (tertiary/aromatic N) is 3. The lowest BCUT2D eigenvalue weighted by molar-refractivity contribution is 0.160. The zero-order valence-electron chi connectivity index (χ0n) is 19.3. The van der Waals surface area contributed by atoms with Gasteiger partial charge in [-0.2, -0.15) is 0 Å². The highest BCUT2D eigenvalue weighted by Crippen LogP contribution is 2.34. The van der Waals surface area contributed by atoms with Crippen molar-refractivity contribution in [1.82, 2.24) is 15.5 Å². The summed E-state index contributed by atoms with van der Waals surface area (Å²) < 4.78 is 0. The van der Waals surface area contributed by atoms with Crippen molar-refractivity contribution < 1.29 is 5.11 Å². The molecule has 0 spiro atoms. The summed E-state index contributed by atoms with van der Waals surface area (Å²) in [7, 11) is 2.07. The van der Waals surface area contributed by atoms with E-state index in [1.807, 2.05) is 18.2 Å². The van der Waals surface area contributed by atoms with Crippen LogP contribution < -0.4 is 16.0 Å². The van der Waals surface area contributed by atoms with Crippen molar-refractivity contribution in [1.29, 1.82) is 5.41 Å². The molecule has 0 unspecified atom stereocenters. The summed E-state index contributed by atoms with van der Waals surface area (Å²) in [6, 6.07) is 9.39. The Kier molecular flexibility index (Phi) is 6.09. The van der Waals surface area contributed by atoms with Crippen LogP contribution in [0.1, 0.15) is 53.0 Å². The first-order chi connectivity index (χ1) is 14.4. The lowest BCUT2D eigenvalue weighted by Gasteiger charge is -2.49. The van der Waals surface area contributed by atoms with Crippen LogP contribution in [0.2, 0.25) is 0 Å². The van der Waals surface area contributed by atoms with Crippen LogP contribution in [0.5, 0.6) is 5.75 Å². The van der Waals surface area contributed by atoms with E-state index in [0.29, 0.717) is 34.1 Å². The third kappa shape index (κ3) is 5.05. The van der Waals surface area contributed by atoms with Gasteiger partial charge in [-0.3, -0.25) is 0 Å². The molecular weight excluding hydrogens is 388 g/mol. The van der Waals surface area contributed by atoms with Gasteiger partial charge >= 0.3 is 0 Å². The number of nitrogens with one attached hydrogen (secondary N) is 2. The third-order valence-electron chi connectivity index (χ3n) is 5.88. The van der Waals surface area contributed by atoms with Crippen LogP contribution in [0.3, 0.4) is 0 Å². The number of allylic oxidation sites excluding steroid dienone is 2. The van der Waals surface area contributed by atoms with E-state index in [4.69, 9.17) is 11.1 Å². The van der Waals surface area contributed by atoms with Gasteiger partial charge in [0, 0.05) is 47.2 Å². The number of hydrogen-bond donors (Lipinski definition) is 4. The molecule has 1 aromatic carbocycles. The Labute approximate surface area is 184 Å². The second-order valence-corrected chi connectivity index (χ2v) is 9.82. The summed E-state index contributed by atoms with van der Waals surface area (Å²) in [6.07, 6.45) is 3.22. The van der Waals surface area contributed by atoms with Crippen LogP contribution in [0.25, 0.3) is 16.8 Å². The molecule has 1 saturated heterocycles. The SMILES string of the molecule is C/C(N)=C(/C=N)c1ccc(-c2ccc(N(C)C3CC(C)(C)NC(C)(C)C3)nn2)c(O)c1. The van der Waals surface area contributed by atoms with Gasteiger partial charge < -0.3 is 26.5 Å². The zero-order valence-corrected chi connectivity index (χ0v) is 19.3. The highest BCUT2D eigenvalue weighted by atomic mass is 16.3. The summed E-state index contributed by atoms with van der Waals surface area (Å²) in [6.45, 7) is 10.7. The molecule has 2 heterocycles. The largest absolute Gasteiger partial charge is 0.507 e. The monoisotopic (exact) mass is 422 g/mol. The van der Waals surface area contributed by atoms with Crippen molar-refractivity contribution in [3.63, 3.8) is 0 Å². The average molecular weight is 423 g/mol. The van der Waals surface area contributed by atoms with E-state index in [0.717, 1.165) is 18.7 Å². The topological polar surface area (TPSA) is 111 Å². The molecule has 31 heavy (non-hydrogen) atoms. The molecule has 2 aromatic rings. The molecule has 5 N–H and O–H groups in total. The first-order valence-electron chi connectivity index (χ1n) is 10.6. The van der Waals surface area contributed by atoms with Crippen molar-refractivity contribution in [3.05, 3.63) is 41.6 Å². The van der Waals surface area contributed by atoms with E-state index < -0.39 is 0 Å². The molecule has 0 bridgehead atoms. The number of benzene rings is 1. The summed E-state index contributed by atoms with van der Waals surface area (Å²) in [5.74, 6) is 0.890. The van der Waals surface area contributed by atoms with Crippen LogP contribution in [-0.2, 0) is 0 Å². The van der Waals surface area contributed by atoms with Crippen molar-refractivity contribution in [2.75, 3.05) is 11.9 Å². The van der Waals surface area contributed by atoms with E-state index >= 15 is 0 Å². The molecule has 1 aliphatic rings. The number of aromatic nitrogens is 2. The van der Waals surface area contributed by atoms with Crippen LogP contribution >= 0.6 is 0 Å². The Hall–Kier alpha value is -2.93. The van der Waals surface area contributed by atoms with E-state index in [2.05, 4.69) is 55.2 Å². The maximum absolute atomic E-state index is 10.5. The number of rotatable bonds is 5. The number of hydrogen-bond acceptors (Lipinski definition) is 7. The minimum Gasteiger partial charge on any atom is -0.507 e. The predicted octanol–water partition coefficient (Wildman–Crippen LogP) is 3.93. The molecule has 0 radical (unpaired) electrons. The summed E-state index contributed by atoms with van der Waals surface area (Å²) >= 11 is 0. The molecular formula is C24H34N6O. The van der Waals surface area contributed by atoms with Crippen molar-refractivity contribution in [2.45, 2.75) is 64.6 Å². The molecule has 0 saturated carbocycles.